The number of aromatic nitrogens is 2. The van der Waals surface area contributed by atoms with Crippen molar-refractivity contribution in [1.82, 2.24) is 9.78 Å². The number of hydrogen-bond donors (Lipinski definition) is 1. The summed E-state index contributed by atoms with van der Waals surface area (Å²) in [5, 5.41) is 4.20. The number of ether oxygens (including phenoxy) is 2. The van der Waals surface area contributed by atoms with Gasteiger partial charge in [-0.3, -0.25) is 9.48 Å². The van der Waals surface area contributed by atoms with Gasteiger partial charge in [0.2, 0.25) is 5.78 Å². The number of methoxy groups -OCH3 is 2. The van der Waals surface area contributed by atoms with Crippen LogP contribution >= 0.6 is 0 Å². The van der Waals surface area contributed by atoms with E-state index in [0.29, 0.717) is 28.4 Å². The number of nitrogens with two attached hydrogens (primary N) is 1. The van der Waals surface area contributed by atoms with Crippen LogP contribution in [0.5, 0.6) is 11.5 Å². The lowest BCUT2D eigenvalue weighted by molar-refractivity contribution is 0.102. The van der Waals surface area contributed by atoms with Gasteiger partial charge in [0.15, 0.2) is 11.4 Å². The molecule has 0 bridgehead atoms. The molecule has 2 aromatic rings. The molecule has 21 heavy (non-hydrogen) atoms. The fourth-order valence-electron chi connectivity index (χ4n) is 2.09. The predicted octanol–water partition coefficient (Wildman–Crippen LogP) is 2.29. The molecule has 1 heterocycles. The van der Waals surface area contributed by atoms with Gasteiger partial charge in [-0.05, 0) is 32.0 Å². The molecule has 1 aromatic heterocycles. The minimum atomic E-state index is -0.241. The normalized spacial score (nSPS) is 10.7. The van der Waals surface area contributed by atoms with E-state index in [2.05, 4.69) is 5.10 Å². The second kappa shape index (κ2) is 5.87. The van der Waals surface area contributed by atoms with Gasteiger partial charge in [-0.1, -0.05) is 0 Å². The minimum Gasteiger partial charge on any atom is -0.497 e. The quantitative estimate of drug-likeness (QED) is 0.675. The first-order valence-electron chi connectivity index (χ1n) is 6.59. The highest BCUT2D eigenvalue weighted by Gasteiger charge is 2.24. The summed E-state index contributed by atoms with van der Waals surface area (Å²) in [5.74, 6) is 0.757. The molecule has 0 aliphatic carbocycles. The van der Waals surface area contributed by atoms with E-state index in [9.17, 15) is 4.79 Å². The van der Waals surface area contributed by atoms with E-state index in [-0.39, 0.29) is 11.8 Å². The number of rotatable bonds is 5. The zero-order valence-electron chi connectivity index (χ0n) is 12.6. The molecule has 6 heteroatoms. The summed E-state index contributed by atoms with van der Waals surface area (Å²) in [6.07, 6.45) is 1.53. The van der Waals surface area contributed by atoms with Gasteiger partial charge in [-0.25, -0.2) is 0 Å². The smallest absolute Gasteiger partial charge is 0.217 e. The Balaban J connectivity index is 2.56. The van der Waals surface area contributed by atoms with Crippen molar-refractivity contribution in [2.45, 2.75) is 19.9 Å². The first kappa shape index (κ1) is 14.9. The topological polar surface area (TPSA) is 79.4 Å². The van der Waals surface area contributed by atoms with Crippen LogP contribution in [-0.2, 0) is 0 Å². The van der Waals surface area contributed by atoms with Gasteiger partial charge in [0, 0.05) is 11.7 Å². The fraction of sp³-hybridized carbons (Fsp3) is 0.333. The van der Waals surface area contributed by atoms with Crippen molar-refractivity contribution in [1.29, 1.82) is 0 Å². The average molecular weight is 289 g/mol. The van der Waals surface area contributed by atoms with E-state index in [1.54, 1.807) is 30.0 Å². The Morgan fingerprint density at radius 1 is 1.29 bits per heavy atom. The maximum Gasteiger partial charge on any atom is 0.217 e. The molecule has 0 radical (unpaired) electrons. The minimum absolute atomic E-state index is 0.0275. The molecular formula is C15H19N3O3. The Hall–Kier alpha value is -2.50. The third kappa shape index (κ3) is 2.69. The van der Waals surface area contributed by atoms with E-state index in [1.807, 2.05) is 13.8 Å². The van der Waals surface area contributed by atoms with E-state index in [0.717, 1.165) is 0 Å². The van der Waals surface area contributed by atoms with E-state index >= 15 is 0 Å². The Kier molecular flexibility index (Phi) is 4.16. The number of carbonyl (C=O) groups excluding carboxylic acids is 1. The highest BCUT2D eigenvalue weighted by Crippen LogP contribution is 2.28. The van der Waals surface area contributed by atoms with Crippen molar-refractivity contribution in [3.8, 4) is 11.5 Å². The third-order valence-corrected chi connectivity index (χ3v) is 3.19. The molecule has 2 N–H and O–H groups in total. The number of ketones is 1. The van der Waals surface area contributed by atoms with Crippen molar-refractivity contribution >= 4 is 11.5 Å². The lowest BCUT2D eigenvalue weighted by atomic mass is 10.0. The molecule has 112 valence electrons. The van der Waals surface area contributed by atoms with Crippen LogP contribution in [0.25, 0.3) is 0 Å². The molecule has 0 saturated heterocycles. The van der Waals surface area contributed by atoms with Crippen LogP contribution in [-0.4, -0.2) is 29.8 Å². The van der Waals surface area contributed by atoms with Crippen LogP contribution in [0.2, 0.25) is 0 Å². The molecule has 6 nitrogen and oxygen atoms in total. The van der Waals surface area contributed by atoms with Gasteiger partial charge in [0.1, 0.15) is 5.75 Å². The van der Waals surface area contributed by atoms with Crippen LogP contribution < -0.4 is 15.2 Å². The lowest BCUT2D eigenvalue weighted by Gasteiger charge is -2.13. The van der Waals surface area contributed by atoms with Crippen LogP contribution in [0.1, 0.15) is 35.9 Å². The molecule has 0 atom stereocenters. The Morgan fingerprint density at radius 2 is 2.00 bits per heavy atom. The average Bonchev–Trinajstić information content (AvgIpc) is 2.91. The van der Waals surface area contributed by atoms with Crippen molar-refractivity contribution in [3.63, 3.8) is 0 Å². The Labute approximate surface area is 123 Å². The fourth-order valence-corrected chi connectivity index (χ4v) is 2.09. The third-order valence-electron chi connectivity index (χ3n) is 3.19. The van der Waals surface area contributed by atoms with Crippen LogP contribution in [0.4, 0.5) is 5.69 Å². The molecule has 0 amide bonds. The number of carbonyl (C=O) groups is 1. The van der Waals surface area contributed by atoms with Gasteiger partial charge in [0.25, 0.3) is 0 Å². The molecule has 0 saturated carbocycles. The van der Waals surface area contributed by atoms with Gasteiger partial charge < -0.3 is 15.2 Å². The number of anilines is 1. The van der Waals surface area contributed by atoms with E-state index in [4.69, 9.17) is 15.2 Å². The maximum atomic E-state index is 12.8. The first-order chi connectivity index (χ1) is 9.99. The first-order valence-corrected chi connectivity index (χ1v) is 6.59. The number of benzene rings is 1. The summed E-state index contributed by atoms with van der Waals surface area (Å²) >= 11 is 0. The molecule has 0 aliphatic rings. The van der Waals surface area contributed by atoms with Gasteiger partial charge in [0.05, 0.1) is 26.0 Å². The lowest BCUT2D eigenvalue weighted by Crippen LogP contribution is -2.15. The summed E-state index contributed by atoms with van der Waals surface area (Å²) < 4.78 is 12.0. The summed E-state index contributed by atoms with van der Waals surface area (Å²) in [6, 6.07) is 5.01. The van der Waals surface area contributed by atoms with Crippen molar-refractivity contribution < 1.29 is 14.3 Å². The molecule has 0 unspecified atom stereocenters. The second-order valence-corrected chi connectivity index (χ2v) is 4.88. The maximum absolute atomic E-state index is 12.8. The summed E-state index contributed by atoms with van der Waals surface area (Å²) in [4.78, 5) is 12.8. The number of nitrogen functional groups attached to an aromatic ring is 1. The molecule has 0 fully saturated rings. The highest BCUT2D eigenvalue weighted by atomic mass is 16.5. The van der Waals surface area contributed by atoms with Crippen molar-refractivity contribution in [2.75, 3.05) is 20.0 Å². The van der Waals surface area contributed by atoms with E-state index < -0.39 is 0 Å². The monoisotopic (exact) mass is 289 g/mol. The molecular weight excluding hydrogens is 270 g/mol. The number of hydrogen-bond acceptors (Lipinski definition) is 5. The molecule has 0 spiro atoms. The largest absolute Gasteiger partial charge is 0.497 e. The van der Waals surface area contributed by atoms with Gasteiger partial charge in [-0.15, -0.1) is 0 Å². The summed E-state index contributed by atoms with van der Waals surface area (Å²) in [7, 11) is 3.05. The molecule has 2 rings (SSSR count). The Morgan fingerprint density at radius 3 is 2.57 bits per heavy atom. The van der Waals surface area contributed by atoms with Crippen LogP contribution in [0, 0.1) is 0 Å². The molecule has 0 aliphatic heterocycles. The van der Waals surface area contributed by atoms with Crippen LogP contribution in [0.3, 0.4) is 0 Å². The van der Waals surface area contributed by atoms with Gasteiger partial charge in [-0.2, -0.15) is 5.10 Å². The van der Waals surface area contributed by atoms with Crippen molar-refractivity contribution in [3.05, 3.63) is 35.7 Å². The Bertz CT molecular complexity index is 662. The van der Waals surface area contributed by atoms with Crippen molar-refractivity contribution in [2.24, 2.45) is 0 Å². The second-order valence-electron chi connectivity index (χ2n) is 4.88. The van der Waals surface area contributed by atoms with E-state index in [1.165, 1.54) is 13.3 Å². The number of nitrogens with zero attached hydrogens (tertiary/aromatic N) is 2. The SMILES string of the molecule is COc1ccc(N)c(C(=O)c2c(OC)cnn2C(C)C)c1. The summed E-state index contributed by atoms with van der Waals surface area (Å²) in [5.41, 5.74) is 7.06. The zero-order chi connectivity index (χ0) is 15.6. The van der Waals surface area contributed by atoms with Gasteiger partial charge >= 0.3 is 0 Å². The predicted molar refractivity (Wildman–Crippen MR) is 80.0 cm³/mol. The molecule has 1 aromatic carbocycles. The standard InChI is InChI=1S/C15H19N3O3/c1-9(2)18-14(13(21-4)8-17-18)15(19)11-7-10(20-3)5-6-12(11)16/h5-9H,16H2,1-4H3. The zero-order valence-corrected chi connectivity index (χ0v) is 12.6. The van der Waals surface area contributed by atoms with Crippen LogP contribution in [0.15, 0.2) is 24.4 Å². The summed E-state index contributed by atoms with van der Waals surface area (Å²) in [6.45, 7) is 3.89. The highest BCUT2D eigenvalue weighted by molar-refractivity contribution is 6.12.